The van der Waals surface area contributed by atoms with Crippen molar-refractivity contribution in [1.29, 1.82) is 0 Å². The molecule has 0 bridgehead atoms. The van der Waals surface area contributed by atoms with Crippen LogP contribution in [0.4, 0.5) is 4.39 Å². The van der Waals surface area contributed by atoms with Crippen molar-refractivity contribution in [2.75, 3.05) is 12.9 Å². The summed E-state index contributed by atoms with van der Waals surface area (Å²) in [6.07, 6.45) is 1.97. The van der Waals surface area contributed by atoms with Crippen molar-refractivity contribution in [3.05, 3.63) is 35.6 Å². The lowest BCUT2D eigenvalue weighted by Gasteiger charge is -2.25. The summed E-state index contributed by atoms with van der Waals surface area (Å²) in [5.74, 6) is -0.190. The molecule has 1 rings (SSSR count). The van der Waals surface area contributed by atoms with Crippen molar-refractivity contribution in [2.45, 2.75) is 31.2 Å². The molecule has 0 amide bonds. The molecule has 0 saturated carbocycles. The molecule has 2 N–H and O–H groups in total. The molecule has 3 atom stereocenters. The van der Waals surface area contributed by atoms with Gasteiger partial charge in [-0.25, -0.2) is 4.39 Å². The fourth-order valence-electron chi connectivity index (χ4n) is 1.85. The number of aliphatic hydroxyl groups is 1. The molecule has 0 aliphatic rings. The highest BCUT2D eigenvalue weighted by atomic mass is 32.2. The van der Waals surface area contributed by atoms with E-state index in [1.54, 1.807) is 23.9 Å². The number of thioether (sulfide) groups is 1. The molecule has 0 aliphatic carbocycles. The van der Waals surface area contributed by atoms with Crippen molar-refractivity contribution in [3.8, 4) is 0 Å². The predicted molar refractivity (Wildman–Crippen MR) is 71.8 cm³/mol. The summed E-state index contributed by atoms with van der Waals surface area (Å²) in [6.45, 7) is 4.07. The molecule has 17 heavy (non-hydrogen) atoms. The molecule has 3 unspecified atom stereocenters. The first kappa shape index (κ1) is 14.5. The maximum atomic E-state index is 13.6. The van der Waals surface area contributed by atoms with Gasteiger partial charge in [-0.3, -0.25) is 0 Å². The van der Waals surface area contributed by atoms with Gasteiger partial charge >= 0.3 is 0 Å². The van der Waals surface area contributed by atoms with Gasteiger partial charge in [-0.15, -0.1) is 0 Å². The summed E-state index contributed by atoms with van der Waals surface area (Å²) < 4.78 is 13.6. The average molecular weight is 257 g/mol. The standard InChI is InChI=1S/C13H20FNOS/c1-9(11-6-4-5-7-12(11)14)15-10(2)13(8-16)17-3/h4-7,9-10,13,15-16H,8H2,1-3H3. The van der Waals surface area contributed by atoms with Gasteiger partial charge in [0.1, 0.15) is 5.82 Å². The molecule has 0 fully saturated rings. The zero-order chi connectivity index (χ0) is 12.8. The second kappa shape index (κ2) is 6.99. The SMILES string of the molecule is CSC(CO)C(C)NC(C)c1ccccc1F. The van der Waals surface area contributed by atoms with Crippen LogP contribution in [-0.4, -0.2) is 29.3 Å². The van der Waals surface area contributed by atoms with E-state index in [1.807, 2.05) is 26.2 Å². The van der Waals surface area contributed by atoms with Gasteiger partial charge in [0.05, 0.1) is 6.61 Å². The van der Waals surface area contributed by atoms with Crippen LogP contribution in [0.1, 0.15) is 25.5 Å². The van der Waals surface area contributed by atoms with Crippen LogP contribution in [0.5, 0.6) is 0 Å². The van der Waals surface area contributed by atoms with E-state index in [0.717, 1.165) is 0 Å². The van der Waals surface area contributed by atoms with E-state index < -0.39 is 0 Å². The van der Waals surface area contributed by atoms with Gasteiger partial charge in [0.15, 0.2) is 0 Å². The molecular formula is C13H20FNOS. The van der Waals surface area contributed by atoms with Gasteiger partial charge in [0, 0.05) is 22.9 Å². The number of aliphatic hydroxyl groups excluding tert-OH is 1. The molecule has 0 spiro atoms. The average Bonchev–Trinajstić information content (AvgIpc) is 2.31. The van der Waals surface area contributed by atoms with Gasteiger partial charge in [0.2, 0.25) is 0 Å². The van der Waals surface area contributed by atoms with E-state index in [4.69, 9.17) is 0 Å². The van der Waals surface area contributed by atoms with Gasteiger partial charge in [-0.1, -0.05) is 18.2 Å². The molecule has 1 aromatic rings. The van der Waals surface area contributed by atoms with Crippen LogP contribution in [0.25, 0.3) is 0 Å². The van der Waals surface area contributed by atoms with E-state index in [1.165, 1.54) is 6.07 Å². The number of hydrogen-bond donors (Lipinski definition) is 2. The molecular weight excluding hydrogens is 237 g/mol. The minimum Gasteiger partial charge on any atom is -0.395 e. The molecule has 2 nitrogen and oxygen atoms in total. The van der Waals surface area contributed by atoms with Gasteiger partial charge in [-0.05, 0) is 26.2 Å². The molecule has 0 aromatic heterocycles. The number of halogens is 1. The molecule has 0 saturated heterocycles. The Kier molecular flexibility index (Phi) is 5.95. The maximum absolute atomic E-state index is 13.6. The third-order valence-corrected chi connectivity index (χ3v) is 4.09. The van der Waals surface area contributed by atoms with Crippen LogP contribution < -0.4 is 5.32 Å². The first-order valence-electron chi connectivity index (χ1n) is 5.74. The lowest BCUT2D eigenvalue weighted by atomic mass is 10.1. The predicted octanol–water partition coefficient (Wildman–Crippen LogP) is 2.59. The zero-order valence-corrected chi connectivity index (χ0v) is 11.3. The van der Waals surface area contributed by atoms with Crippen molar-refractivity contribution in [2.24, 2.45) is 0 Å². The van der Waals surface area contributed by atoms with Crippen LogP contribution in [0.15, 0.2) is 24.3 Å². The molecule has 4 heteroatoms. The van der Waals surface area contributed by atoms with Gasteiger partial charge in [-0.2, -0.15) is 11.8 Å². The van der Waals surface area contributed by atoms with Crippen LogP contribution >= 0.6 is 11.8 Å². The highest BCUT2D eigenvalue weighted by Crippen LogP contribution is 2.19. The highest BCUT2D eigenvalue weighted by Gasteiger charge is 2.19. The summed E-state index contributed by atoms with van der Waals surface area (Å²) in [5.41, 5.74) is 0.664. The Morgan fingerprint density at radius 3 is 2.53 bits per heavy atom. The monoisotopic (exact) mass is 257 g/mol. The van der Waals surface area contributed by atoms with Crippen LogP contribution in [-0.2, 0) is 0 Å². The Bertz CT molecular complexity index is 344. The second-order valence-electron chi connectivity index (χ2n) is 4.16. The summed E-state index contributed by atoms with van der Waals surface area (Å²) in [5, 5.41) is 12.6. The van der Waals surface area contributed by atoms with E-state index in [2.05, 4.69) is 5.32 Å². The van der Waals surface area contributed by atoms with Crippen LogP contribution in [0, 0.1) is 5.82 Å². The van der Waals surface area contributed by atoms with Crippen molar-refractivity contribution < 1.29 is 9.50 Å². The maximum Gasteiger partial charge on any atom is 0.127 e. The third kappa shape index (κ3) is 3.98. The number of rotatable bonds is 6. The number of nitrogens with one attached hydrogen (secondary N) is 1. The Balaban J connectivity index is 2.66. The van der Waals surface area contributed by atoms with Crippen molar-refractivity contribution in [1.82, 2.24) is 5.32 Å². The molecule has 0 heterocycles. The van der Waals surface area contributed by atoms with Crippen LogP contribution in [0.2, 0.25) is 0 Å². The Morgan fingerprint density at radius 1 is 1.35 bits per heavy atom. The van der Waals surface area contributed by atoms with E-state index in [-0.39, 0.29) is 29.8 Å². The Hall–Kier alpha value is -0.580. The minimum absolute atomic E-state index is 0.0626. The Labute approximate surface area is 107 Å². The first-order valence-corrected chi connectivity index (χ1v) is 7.03. The van der Waals surface area contributed by atoms with Gasteiger partial charge in [0.25, 0.3) is 0 Å². The molecule has 1 aromatic carbocycles. The minimum atomic E-state index is -0.190. The lowest BCUT2D eigenvalue weighted by molar-refractivity contribution is 0.271. The highest BCUT2D eigenvalue weighted by molar-refractivity contribution is 7.99. The van der Waals surface area contributed by atoms with E-state index >= 15 is 0 Å². The summed E-state index contributed by atoms with van der Waals surface area (Å²) in [6, 6.07) is 6.84. The topological polar surface area (TPSA) is 32.3 Å². The third-order valence-electron chi connectivity index (χ3n) is 2.92. The first-order chi connectivity index (χ1) is 8.10. The number of benzene rings is 1. The molecule has 0 aliphatic heterocycles. The van der Waals surface area contributed by atoms with Crippen LogP contribution in [0.3, 0.4) is 0 Å². The fourth-order valence-corrected chi connectivity index (χ4v) is 2.49. The van der Waals surface area contributed by atoms with E-state index in [9.17, 15) is 9.50 Å². The Morgan fingerprint density at radius 2 is 2.00 bits per heavy atom. The van der Waals surface area contributed by atoms with E-state index in [0.29, 0.717) is 5.56 Å². The quantitative estimate of drug-likeness (QED) is 0.821. The molecule has 96 valence electrons. The van der Waals surface area contributed by atoms with Crippen molar-refractivity contribution in [3.63, 3.8) is 0 Å². The molecule has 0 radical (unpaired) electrons. The largest absolute Gasteiger partial charge is 0.395 e. The zero-order valence-electron chi connectivity index (χ0n) is 10.5. The summed E-state index contributed by atoms with van der Waals surface area (Å²) in [7, 11) is 0. The van der Waals surface area contributed by atoms with Gasteiger partial charge < -0.3 is 10.4 Å². The number of hydrogen-bond acceptors (Lipinski definition) is 3. The smallest absolute Gasteiger partial charge is 0.127 e. The summed E-state index contributed by atoms with van der Waals surface area (Å²) in [4.78, 5) is 0. The normalized spacial score (nSPS) is 16.5. The second-order valence-corrected chi connectivity index (χ2v) is 5.23. The fraction of sp³-hybridized carbons (Fsp3) is 0.538. The van der Waals surface area contributed by atoms with Crippen molar-refractivity contribution >= 4 is 11.8 Å². The summed E-state index contributed by atoms with van der Waals surface area (Å²) >= 11 is 1.61. The lowest BCUT2D eigenvalue weighted by Crippen LogP contribution is -2.39.